The molecule has 4 nitrogen and oxygen atoms in total. The summed E-state index contributed by atoms with van der Waals surface area (Å²) in [5.74, 6) is 0.622. The highest BCUT2D eigenvalue weighted by molar-refractivity contribution is 6.05. The van der Waals surface area contributed by atoms with Gasteiger partial charge >= 0.3 is 0 Å². The molecule has 0 radical (unpaired) electrons. The standard InChI is InChI=1S/C15H18N2O2/c16-7-5-11-6-8-17(9-11)15(18)13-10-19-14-4-2-1-3-12(13)14/h1-4,10-11H,5-9,16H2. The first-order chi connectivity index (χ1) is 9.29. The molecule has 1 aliphatic rings. The minimum atomic E-state index is 0.0736. The Labute approximate surface area is 112 Å². The Bertz CT molecular complexity index is 591. The van der Waals surface area contributed by atoms with Crippen LogP contribution < -0.4 is 5.73 Å². The maximum atomic E-state index is 12.5. The van der Waals surface area contributed by atoms with E-state index in [4.69, 9.17) is 10.2 Å². The zero-order valence-electron chi connectivity index (χ0n) is 10.8. The molecule has 1 aliphatic heterocycles. The maximum Gasteiger partial charge on any atom is 0.257 e. The van der Waals surface area contributed by atoms with E-state index in [1.807, 2.05) is 29.2 Å². The Balaban J connectivity index is 1.81. The van der Waals surface area contributed by atoms with E-state index in [0.717, 1.165) is 36.9 Å². The van der Waals surface area contributed by atoms with Gasteiger partial charge in [-0.25, -0.2) is 0 Å². The molecule has 1 amide bonds. The highest BCUT2D eigenvalue weighted by atomic mass is 16.3. The lowest BCUT2D eigenvalue weighted by molar-refractivity contribution is 0.0787. The van der Waals surface area contributed by atoms with Gasteiger partial charge < -0.3 is 15.1 Å². The van der Waals surface area contributed by atoms with Crippen molar-refractivity contribution in [3.8, 4) is 0 Å². The Morgan fingerprint density at radius 3 is 3.11 bits per heavy atom. The molecule has 0 aliphatic carbocycles. The number of nitrogens with zero attached hydrogens (tertiary/aromatic N) is 1. The molecule has 1 unspecified atom stereocenters. The van der Waals surface area contributed by atoms with Crippen molar-refractivity contribution in [2.24, 2.45) is 11.7 Å². The maximum absolute atomic E-state index is 12.5. The lowest BCUT2D eigenvalue weighted by Gasteiger charge is -2.15. The number of carbonyl (C=O) groups is 1. The highest BCUT2D eigenvalue weighted by Gasteiger charge is 2.28. The summed E-state index contributed by atoms with van der Waals surface area (Å²) in [5, 5.41) is 0.898. The molecule has 0 saturated carbocycles. The number of hydrogen-bond acceptors (Lipinski definition) is 3. The van der Waals surface area contributed by atoms with Gasteiger partial charge in [0.2, 0.25) is 0 Å². The van der Waals surface area contributed by atoms with Crippen molar-refractivity contribution in [1.82, 2.24) is 4.90 Å². The minimum Gasteiger partial charge on any atom is -0.463 e. The Morgan fingerprint density at radius 1 is 1.42 bits per heavy atom. The van der Waals surface area contributed by atoms with Crippen molar-refractivity contribution >= 4 is 16.9 Å². The van der Waals surface area contributed by atoms with Crippen molar-refractivity contribution in [1.29, 1.82) is 0 Å². The first kappa shape index (κ1) is 12.2. The second-order valence-electron chi connectivity index (χ2n) is 5.13. The van der Waals surface area contributed by atoms with E-state index in [1.165, 1.54) is 0 Å². The van der Waals surface area contributed by atoms with Gasteiger partial charge in [-0.05, 0) is 31.4 Å². The topological polar surface area (TPSA) is 59.5 Å². The average Bonchev–Trinajstić information content (AvgIpc) is 3.05. The van der Waals surface area contributed by atoms with Gasteiger partial charge in [0.05, 0.1) is 5.56 Å². The SMILES string of the molecule is NCCC1CCN(C(=O)c2coc3ccccc23)C1. The molecule has 19 heavy (non-hydrogen) atoms. The molecule has 1 aromatic carbocycles. The van der Waals surface area contributed by atoms with Crippen molar-refractivity contribution < 1.29 is 9.21 Å². The van der Waals surface area contributed by atoms with Crippen LogP contribution >= 0.6 is 0 Å². The molecule has 0 spiro atoms. The number of para-hydroxylation sites is 1. The number of fused-ring (bicyclic) bond motifs is 1. The third-order valence-corrected chi connectivity index (χ3v) is 3.86. The van der Waals surface area contributed by atoms with Crippen LogP contribution in [0.3, 0.4) is 0 Å². The zero-order chi connectivity index (χ0) is 13.2. The van der Waals surface area contributed by atoms with Crippen LogP contribution in [0.2, 0.25) is 0 Å². The van der Waals surface area contributed by atoms with Crippen molar-refractivity contribution in [2.45, 2.75) is 12.8 Å². The van der Waals surface area contributed by atoms with E-state index in [-0.39, 0.29) is 5.91 Å². The summed E-state index contributed by atoms with van der Waals surface area (Å²) in [5.41, 5.74) is 7.02. The van der Waals surface area contributed by atoms with Crippen LogP contribution in [0.4, 0.5) is 0 Å². The number of likely N-dealkylation sites (tertiary alicyclic amines) is 1. The summed E-state index contributed by atoms with van der Waals surface area (Å²) < 4.78 is 5.44. The number of nitrogens with two attached hydrogens (primary N) is 1. The summed E-state index contributed by atoms with van der Waals surface area (Å²) in [6.45, 7) is 2.33. The molecule has 0 bridgehead atoms. The second-order valence-corrected chi connectivity index (χ2v) is 5.13. The van der Waals surface area contributed by atoms with Crippen LogP contribution in [0.25, 0.3) is 11.0 Å². The smallest absolute Gasteiger partial charge is 0.257 e. The van der Waals surface area contributed by atoms with Crippen molar-refractivity contribution in [2.75, 3.05) is 19.6 Å². The number of benzene rings is 1. The molecule has 2 heterocycles. The Kier molecular flexibility index (Phi) is 3.25. The summed E-state index contributed by atoms with van der Waals surface area (Å²) in [6, 6.07) is 7.65. The number of hydrogen-bond donors (Lipinski definition) is 1. The molecular weight excluding hydrogens is 240 g/mol. The van der Waals surface area contributed by atoms with Crippen LogP contribution in [-0.2, 0) is 0 Å². The molecular formula is C15H18N2O2. The highest BCUT2D eigenvalue weighted by Crippen LogP contribution is 2.25. The summed E-state index contributed by atoms with van der Waals surface area (Å²) >= 11 is 0. The van der Waals surface area contributed by atoms with Crippen LogP contribution in [0.5, 0.6) is 0 Å². The molecule has 1 aromatic heterocycles. The molecule has 2 N–H and O–H groups in total. The second kappa shape index (κ2) is 5.05. The van der Waals surface area contributed by atoms with Gasteiger partial charge in [-0.2, -0.15) is 0 Å². The van der Waals surface area contributed by atoms with Gasteiger partial charge in [-0.15, -0.1) is 0 Å². The van der Waals surface area contributed by atoms with Gasteiger partial charge in [0.25, 0.3) is 5.91 Å². The molecule has 3 rings (SSSR count). The molecule has 1 fully saturated rings. The minimum absolute atomic E-state index is 0.0736. The number of furan rings is 1. The van der Waals surface area contributed by atoms with Crippen LogP contribution in [0.15, 0.2) is 34.9 Å². The third kappa shape index (κ3) is 2.24. The fourth-order valence-corrected chi connectivity index (χ4v) is 2.80. The molecule has 100 valence electrons. The quantitative estimate of drug-likeness (QED) is 0.918. The van der Waals surface area contributed by atoms with Gasteiger partial charge in [0, 0.05) is 18.5 Å². The van der Waals surface area contributed by atoms with Crippen LogP contribution in [0.1, 0.15) is 23.2 Å². The number of carbonyl (C=O) groups excluding carboxylic acids is 1. The molecule has 4 heteroatoms. The lowest BCUT2D eigenvalue weighted by atomic mass is 10.1. The third-order valence-electron chi connectivity index (χ3n) is 3.86. The summed E-state index contributed by atoms with van der Waals surface area (Å²) in [6.07, 6.45) is 3.62. The summed E-state index contributed by atoms with van der Waals surface area (Å²) in [7, 11) is 0. The molecule has 1 atom stereocenters. The largest absolute Gasteiger partial charge is 0.463 e. The van der Waals surface area contributed by atoms with E-state index < -0.39 is 0 Å². The van der Waals surface area contributed by atoms with Gasteiger partial charge in [0.15, 0.2) is 0 Å². The van der Waals surface area contributed by atoms with Crippen LogP contribution in [0, 0.1) is 5.92 Å². The zero-order valence-corrected chi connectivity index (χ0v) is 10.8. The Morgan fingerprint density at radius 2 is 2.26 bits per heavy atom. The van der Waals surface area contributed by atoms with Crippen molar-refractivity contribution in [3.05, 3.63) is 36.1 Å². The van der Waals surface area contributed by atoms with E-state index >= 15 is 0 Å². The average molecular weight is 258 g/mol. The normalized spacial score (nSPS) is 19.2. The Hall–Kier alpha value is -1.81. The fourth-order valence-electron chi connectivity index (χ4n) is 2.80. The van der Waals surface area contributed by atoms with E-state index in [2.05, 4.69) is 0 Å². The van der Waals surface area contributed by atoms with E-state index in [9.17, 15) is 4.79 Å². The van der Waals surface area contributed by atoms with Gasteiger partial charge in [0.1, 0.15) is 11.8 Å². The molecule has 1 saturated heterocycles. The first-order valence-electron chi connectivity index (χ1n) is 6.75. The van der Waals surface area contributed by atoms with Gasteiger partial charge in [-0.3, -0.25) is 4.79 Å². The predicted octanol–water partition coefficient (Wildman–Crippen LogP) is 2.24. The summed E-state index contributed by atoms with van der Waals surface area (Å²) in [4.78, 5) is 14.4. The molecule has 2 aromatic rings. The number of rotatable bonds is 3. The van der Waals surface area contributed by atoms with E-state index in [1.54, 1.807) is 6.26 Å². The van der Waals surface area contributed by atoms with Crippen molar-refractivity contribution in [3.63, 3.8) is 0 Å². The fraction of sp³-hybridized carbons (Fsp3) is 0.400. The van der Waals surface area contributed by atoms with Crippen LogP contribution in [-0.4, -0.2) is 30.4 Å². The monoisotopic (exact) mass is 258 g/mol. The number of amides is 1. The van der Waals surface area contributed by atoms with Gasteiger partial charge in [-0.1, -0.05) is 18.2 Å². The van der Waals surface area contributed by atoms with E-state index in [0.29, 0.717) is 18.0 Å². The lowest BCUT2D eigenvalue weighted by Crippen LogP contribution is -2.28. The predicted molar refractivity (Wildman–Crippen MR) is 73.9 cm³/mol. The first-order valence-corrected chi connectivity index (χ1v) is 6.75.